The SMILES string of the molecule is CCc1noc(C)c1C(=O)O[C@@H](C)C(=O)Nc1ccccc1OC. The molecule has 0 radical (unpaired) electrons. The monoisotopic (exact) mass is 332 g/mol. The second-order valence-electron chi connectivity index (χ2n) is 5.15. The lowest BCUT2D eigenvalue weighted by molar-refractivity contribution is -0.123. The van der Waals surface area contributed by atoms with E-state index in [2.05, 4.69) is 10.5 Å². The van der Waals surface area contributed by atoms with Gasteiger partial charge in [0.25, 0.3) is 5.91 Å². The van der Waals surface area contributed by atoms with Gasteiger partial charge in [0.05, 0.1) is 18.5 Å². The van der Waals surface area contributed by atoms with E-state index in [1.165, 1.54) is 14.0 Å². The lowest BCUT2D eigenvalue weighted by Crippen LogP contribution is -2.30. The third-order valence-corrected chi connectivity index (χ3v) is 3.49. The molecule has 1 atom stereocenters. The van der Waals surface area contributed by atoms with Gasteiger partial charge in [-0.25, -0.2) is 4.79 Å². The van der Waals surface area contributed by atoms with Crippen LogP contribution in [-0.4, -0.2) is 30.2 Å². The zero-order chi connectivity index (χ0) is 17.7. The van der Waals surface area contributed by atoms with Crippen LogP contribution < -0.4 is 10.1 Å². The number of nitrogens with one attached hydrogen (secondary N) is 1. The molecule has 1 N–H and O–H groups in total. The van der Waals surface area contributed by atoms with E-state index in [1.807, 2.05) is 6.92 Å². The molecule has 128 valence electrons. The van der Waals surface area contributed by atoms with Gasteiger partial charge in [0.15, 0.2) is 6.10 Å². The Labute approximate surface area is 139 Å². The quantitative estimate of drug-likeness (QED) is 0.818. The molecule has 0 fully saturated rings. The van der Waals surface area contributed by atoms with Gasteiger partial charge in [-0.1, -0.05) is 24.2 Å². The molecule has 0 aliphatic heterocycles. The van der Waals surface area contributed by atoms with Crippen molar-refractivity contribution in [1.82, 2.24) is 5.16 Å². The summed E-state index contributed by atoms with van der Waals surface area (Å²) < 4.78 is 15.4. The van der Waals surface area contributed by atoms with Gasteiger partial charge in [-0.15, -0.1) is 0 Å². The Bertz CT molecular complexity index is 738. The lowest BCUT2D eigenvalue weighted by Gasteiger charge is -2.15. The summed E-state index contributed by atoms with van der Waals surface area (Å²) in [5, 5.41) is 6.48. The number of para-hydroxylation sites is 2. The second-order valence-corrected chi connectivity index (χ2v) is 5.15. The first-order valence-electron chi connectivity index (χ1n) is 7.57. The molecule has 0 aliphatic rings. The van der Waals surface area contributed by atoms with Gasteiger partial charge in [0.1, 0.15) is 17.1 Å². The maximum absolute atomic E-state index is 12.3. The Morgan fingerprint density at radius 2 is 2.04 bits per heavy atom. The van der Waals surface area contributed by atoms with E-state index in [-0.39, 0.29) is 5.56 Å². The van der Waals surface area contributed by atoms with E-state index in [4.69, 9.17) is 14.0 Å². The van der Waals surface area contributed by atoms with Crippen LogP contribution >= 0.6 is 0 Å². The van der Waals surface area contributed by atoms with Crippen LogP contribution in [0.2, 0.25) is 0 Å². The molecule has 24 heavy (non-hydrogen) atoms. The molecule has 1 heterocycles. The minimum atomic E-state index is -0.985. The summed E-state index contributed by atoms with van der Waals surface area (Å²) in [4.78, 5) is 24.5. The first-order valence-corrected chi connectivity index (χ1v) is 7.57. The third-order valence-electron chi connectivity index (χ3n) is 3.49. The molecular formula is C17H20N2O5. The maximum atomic E-state index is 12.3. The van der Waals surface area contributed by atoms with Crippen LogP contribution in [-0.2, 0) is 16.0 Å². The number of aryl methyl sites for hydroxylation is 2. The van der Waals surface area contributed by atoms with Crippen LogP contribution in [0.15, 0.2) is 28.8 Å². The molecule has 1 aromatic heterocycles. The van der Waals surface area contributed by atoms with Gasteiger partial charge < -0.3 is 19.3 Å². The highest BCUT2D eigenvalue weighted by molar-refractivity contribution is 5.98. The van der Waals surface area contributed by atoms with Crippen molar-refractivity contribution in [3.05, 3.63) is 41.3 Å². The van der Waals surface area contributed by atoms with E-state index in [1.54, 1.807) is 31.2 Å². The van der Waals surface area contributed by atoms with Crippen LogP contribution in [0.5, 0.6) is 5.75 Å². The first kappa shape index (κ1) is 17.5. The van der Waals surface area contributed by atoms with Crippen molar-refractivity contribution < 1.29 is 23.6 Å². The fourth-order valence-corrected chi connectivity index (χ4v) is 2.18. The van der Waals surface area contributed by atoms with Gasteiger partial charge in [-0.05, 0) is 32.4 Å². The Balaban J connectivity index is 2.06. The number of esters is 1. The topological polar surface area (TPSA) is 90.7 Å². The maximum Gasteiger partial charge on any atom is 0.344 e. The minimum absolute atomic E-state index is 0.273. The first-order chi connectivity index (χ1) is 11.5. The molecule has 0 unspecified atom stereocenters. The fraction of sp³-hybridized carbons (Fsp3) is 0.353. The average molecular weight is 332 g/mol. The van der Waals surface area contributed by atoms with Gasteiger partial charge in [0, 0.05) is 0 Å². The zero-order valence-electron chi connectivity index (χ0n) is 14.1. The standard InChI is InChI=1S/C17H20N2O5/c1-5-12-15(10(2)24-19-12)17(21)23-11(3)16(20)18-13-8-6-7-9-14(13)22-4/h6-9,11H,5H2,1-4H3,(H,18,20)/t11-/m0/s1. The summed E-state index contributed by atoms with van der Waals surface area (Å²) in [7, 11) is 1.51. The van der Waals surface area contributed by atoms with E-state index >= 15 is 0 Å². The van der Waals surface area contributed by atoms with Crippen molar-refractivity contribution in [3.63, 3.8) is 0 Å². The number of methoxy groups -OCH3 is 1. The predicted octanol–water partition coefficient (Wildman–Crippen LogP) is 2.74. The smallest absolute Gasteiger partial charge is 0.344 e. The number of hydrogen-bond donors (Lipinski definition) is 1. The molecule has 1 aromatic carbocycles. The van der Waals surface area contributed by atoms with Crippen LogP contribution in [0, 0.1) is 6.92 Å². The van der Waals surface area contributed by atoms with Crippen LogP contribution in [0.25, 0.3) is 0 Å². The third kappa shape index (κ3) is 3.73. The Morgan fingerprint density at radius 1 is 1.33 bits per heavy atom. The molecule has 0 saturated carbocycles. The highest BCUT2D eigenvalue weighted by atomic mass is 16.5. The van der Waals surface area contributed by atoms with Crippen LogP contribution in [0.4, 0.5) is 5.69 Å². The summed E-state index contributed by atoms with van der Waals surface area (Å²) in [5.74, 6) is -0.199. The van der Waals surface area contributed by atoms with Gasteiger partial charge >= 0.3 is 5.97 Å². The van der Waals surface area contributed by atoms with E-state index in [9.17, 15) is 9.59 Å². The fourth-order valence-electron chi connectivity index (χ4n) is 2.18. The highest BCUT2D eigenvalue weighted by Crippen LogP contribution is 2.23. The summed E-state index contributed by atoms with van der Waals surface area (Å²) >= 11 is 0. The molecule has 0 bridgehead atoms. The van der Waals surface area contributed by atoms with E-state index in [0.717, 1.165) is 0 Å². The summed E-state index contributed by atoms with van der Waals surface area (Å²) in [6.45, 7) is 4.98. The van der Waals surface area contributed by atoms with Crippen molar-refractivity contribution in [3.8, 4) is 5.75 Å². The molecule has 1 amide bonds. The van der Waals surface area contributed by atoms with Gasteiger partial charge in [-0.2, -0.15) is 0 Å². The number of amides is 1. The average Bonchev–Trinajstić information content (AvgIpc) is 2.96. The summed E-state index contributed by atoms with van der Waals surface area (Å²) in [6.07, 6.45) is -0.453. The molecule has 0 saturated heterocycles. The van der Waals surface area contributed by atoms with Crippen molar-refractivity contribution in [2.24, 2.45) is 0 Å². The van der Waals surface area contributed by atoms with Crippen LogP contribution in [0.1, 0.15) is 35.7 Å². The predicted molar refractivity (Wildman–Crippen MR) is 87.1 cm³/mol. The van der Waals surface area contributed by atoms with Crippen molar-refractivity contribution in [1.29, 1.82) is 0 Å². The Hall–Kier alpha value is -2.83. The molecule has 2 rings (SSSR count). The number of ether oxygens (including phenoxy) is 2. The number of nitrogens with zero attached hydrogens (tertiary/aromatic N) is 1. The molecule has 0 spiro atoms. The Morgan fingerprint density at radius 3 is 2.71 bits per heavy atom. The molecule has 2 aromatic rings. The number of carbonyl (C=O) groups excluding carboxylic acids is 2. The second kappa shape index (κ2) is 7.63. The van der Waals surface area contributed by atoms with Crippen molar-refractivity contribution in [2.45, 2.75) is 33.3 Å². The van der Waals surface area contributed by atoms with Gasteiger partial charge in [0.2, 0.25) is 0 Å². The molecular weight excluding hydrogens is 312 g/mol. The zero-order valence-corrected chi connectivity index (χ0v) is 14.1. The van der Waals surface area contributed by atoms with E-state index < -0.39 is 18.0 Å². The Kier molecular flexibility index (Phi) is 5.57. The largest absolute Gasteiger partial charge is 0.495 e. The number of rotatable bonds is 6. The number of carbonyl (C=O) groups is 2. The van der Waals surface area contributed by atoms with Gasteiger partial charge in [-0.3, -0.25) is 4.79 Å². The molecule has 7 nitrogen and oxygen atoms in total. The highest BCUT2D eigenvalue weighted by Gasteiger charge is 2.25. The summed E-state index contributed by atoms with van der Waals surface area (Å²) in [5.41, 5.74) is 1.28. The molecule has 0 aliphatic carbocycles. The number of hydrogen-bond acceptors (Lipinski definition) is 6. The lowest BCUT2D eigenvalue weighted by atomic mass is 10.1. The number of anilines is 1. The summed E-state index contributed by atoms with van der Waals surface area (Å²) in [6, 6.07) is 6.98. The van der Waals surface area contributed by atoms with Crippen LogP contribution in [0.3, 0.4) is 0 Å². The molecule has 7 heteroatoms. The minimum Gasteiger partial charge on any atom is -0.495 e. The number of benzene rings is 1. The normalized spacial score (nSPS) is 11.7. The number of aromatic nitrogens is 1. The van der Waals surface area contributed by atoms with Crippen molar-refractivity contribution in [2.75, 3.05) is 12.4 Å². The van der Waals surface area contributed by atoms with Crippen molar-refractivity contribution >= 4 is 17.6 Å². The van der Waals surface area contributed by atoms with E-state index in [0.29, 0.717) is 29.3 Å².